The maximum absolute atomic E-state index is 13.3. The van der Waals surface area contributed by atoms with Crippen LogP contribution >= 0.6 is 0 Å². The van der Waals surface area contributed by atoms with Crippen molar-refractivity contribution >= 4 is 13.2 Å². The number of halogens is 2. The Kier molecular flexibility index (Phi) is 1.63. The first-order chi connectivity index (χ1) is 4.86. The van der Waals surface area contributed by atoms with E-state index in [1.54, 1.807) is 18.2 Å². The number of hydrogen-bond acceptors (Lipinski definition) is 0. The Morgan fingerprint density at radius 1 is 1.00 bits per heavy atom. The fourth-order valence-corrected chi connectivity index (χ4v) is 2.01. The summed E-state index contributed by atoms with van der Waals surface area (Å²) in [5.41, 5.74) is 0. The van der Waals surface area contributed by atoms with Gasteiger partial charge in [0.1, 0.15) is 0 Å². The monoisotopic (exact) mass is 173 g/mol. The van der Waals surface area contributed by atoms with Crippen LogP contribution in [0.25, 0.3) is 0 Å². The molecule has 1 aromatic carbocycles. The molecule has 0 heterocycles. The van der Waals surface area contributed by atoms with Crippen LogP contribution in [0, 0.1) is 0 Å². The summed E-state index contributed by atoms with van der Waals surface area (Å²) in [4.78, 5) is 0. The van der Waals surface area contributed by atoms with Crippen LogP contribution in [0.2, 0.25) is 13.1 Å². The standard InChI is InChI=1S/C8H11F2Si/c1-11(2,9,10)8-6-4-3-5-7-8/h3-7H,1-2H3/q-1. The summed E-state index contributed by atoms with van der Waals surface area (Å²) in [5, 5.41) is 0.201. The first kappa shape index (κ1) is 8.39. The Labute approximate surface area is 65.6 Å². The summed E-state index contributed by atoms with van der Waals surface area (Å²) in [6.07, 6.45) is 0. The van der Waals surface area contributed by atoms with Gasteiger partial charge >= 0.3 is 64.8 Å². The summed E-state index contributed by atoms with van der Waals surface area (Å²) in [6.45, 7) is 2.13. The summed E-state index contributed by atoms with van der Waals surface area (Å²) in [5.74, 6) is 0. The average molecular weight is 173 g/mol. The first-order valence-electron chi connectivity index (χ1n) is 3.54. The van der Waals surface area contributed by atoms with Crippen LogP contribution in [0.4, 0.5) is 8.22 Å². The molecule has 1 rings (SSSR count). The van der Waals surface area contributed by atoms with Gasteiger partial charge in [-0.05, 0) is 0 Å². The van der Waals surface area contributed by atoms with Gasteiger partial charge in [0.15, 0.2) is 0 Å². The van der Waals surface area contributed by atoms with E-state index < -0.39 is 8.02 Å². The van der Waals surface area contributed by atoms with Crippen LogP contribution in [0.1, 0.15) is 0 Å². The minimum absolute atomic E-state index is 0.201. The molecule has 0 atom stereocenters. The predicted molar refractivity (Wildman–Crippen MR) is 45.8 cm³/mol. The van der Waals surface area contributed by atoms with Crippen molar-refractivity contribution in [3.8, 4) is 0 Å². The molecule has 0 nitrogen and oxygen atoms in total. The van der Waals surface area contributed by atoms with Gasteiger partial charge in [0, 0.05) is 0 Å². The zero-order chi connectivity index (χ0) is 8.56. The van der Waals surface area contributed by atoms with Crippen LogP contribution in [0.3, 0.4) is 0 Å². The molecule has 0 fully saturated rings. The van der Waals surface area contributed by atoms with Crippen molar-refractivity contribution in [2.45, 2.75) is 13.1 Å². The van der Waals surface area contributed by atoms with E-state index in [1.807, 2.05) is 0 Å². The second-order valence-electron chi connectivity index (χ2n) is 3.38. The average Bonchev–Trinajstić information content (AvgIpc) is 1.86. The van der Waals surface area contributed by atoms with Gasteiger partial charge in [-0.1, -0.05) is 0 Å². The normalized spacial score (nSPS) is 15.5. The third kappa shape index (κ3) is 2.12. The minimum atomic E-state index is -4.73. The molecule has 0 aliphatic rings. The molecular weight excluding hydrogens is 162 g/mol. The van der Waals surface area contributed by atoms with Gasteiger partial charge in [-0.15, -0.1) is 0 Å². The molecular formula is C8H11F2Si-. The molecule has 11 heavy (non-hydrogen) atoms. The van der Waals surface area contributed by atoms with E-state index in [0.717, 1.165) is 13.1 Å². The maximum atomic E-state index is 13.3. The third-order valence-electron chi connectivity index (χ3n) is 1.57. The van der Waals surface area contributed by atoms with E-state index in [-0.39, 0.29) is 5.19 Å². The molecule has 0 aliphatic carbocycles. The third-order valence-corrected chi connectivity index (χ3v) is 3.49. The Bertz CT molecular complexity index is 239. The Hall–Kier alpha value is -0.703. The fourth-order valence-electron chi connectivity index (χ4n) is 0.897. The molecule has 0 N–H and O–H groups in total. The van der Waals surface area contributed by atoms with E-state index in [9.17, 15) is 8.22 Å². The predicted octanol–water partition coefficient (Wildman–Crippen LogP) is 2.49. The van der Waals surface area contributed by atoms with Crippen molar-refractivity contribution in [3.05, 3.63) is 30.3 Å². The fraction of sp³-hybridized carbons (Fsp3) is 0.250. The van der Waals surface area contributed by atoms with Crippen molar-refractivity contribution in [2.24, 2.45) is 0 Å². The molecule has 0 aliphatic heterocycles. The van der Waals surface area contributed by atoms with Gasteiger partial charge in [-0.25, -0.2) is 0 Å². The second-order valence-corrected chi connectivity index (χ2v) is 7.99. The molecule has 0 saturated carbocycles. The van der Waals surface area contributed by atoms with Crippen molar-refractivity contribution in [1.29, 1.82) is 0 Å². The summed E-state index contributed by atoms with van der Waals surface area (Å²) in [6, 6.07) is 8.03. The van der Waals surface area contributed by atoms with Gasteiger partial charge in [0.25, 0.3) is 0 Å². The SMILES string of the molecule is C[Si-](C)(F)(F)c1ccccc1. The Morgan fingerprint density at radius 3 is 1.73 bits per heavy atom. The Balaban J connectivity index is 3.14. The second kappa shape index (κ2) is 2.14. The molecule has 3 heteroatoms. The molecule has 0 aromatic heterocycles. The van der Waals surface area contributed by atoms with Crippen LogP contribution in [-0.2, 0) is 0 Å². The number of benzene rings is 1. The van der Waals surface area contributed by atoms with Crippen molar-refractivity contribution in [2.75, 3.05) is 0 Å². The van der Waals surface area contributed by atoms with Gasteiger partial charge in [-0.2, -0.15) is 0 Å². The van der Waals surface area contributed by atoms with E-state index in [4.69, 9.17) is 0 Å². The van der Waals surface area contributed by atoms with Crippen LogP contribution in [0.5, 0.6) is 0 Å². The summed E-state index contributed by atoms with van der Waals surface area (Å²) >= 11 is 0. The quantitative estimate of drug-likeness (QED) is 0.452. The van der Waals surface area contributed by atoms with Crippen molar-refractivity contribution in [1.82, 2.24) is 0 Å². The Morgan fingerprint density at radius 2 is 1.45 bits per heavy atom. The van der Waals surface area contributed by atoms with E-state index in [0.29, 0.717) is 0 Å². The zero-order valence-electron chi connectivity index (χ0n) is 6.64. The van der Waals surface area contributed by atoms with Crippen LogP contribution in [0.15, 0.2) is 30.3 Å². The van der Waals surface area contributed by atoms with Crippen molar-refractivity contribution in [3.63, 3.8) is 0 Å². The number of hydrogen-bond donors (Lipinski definition) is 0. The zero-order valence-corrected chi connectivity index (χ0v) is 7.64. The van der Waals surface area contributed by atoms with E-state index >= 15 is 0 Å². The first-order valence-corrected chi connectivity index (χ1v) is 6.79. The summed E-state index contributed by atoms with van der Waals surface area (Å²) in [7, 11) is -4.73. The molecule has 0 radical (unpaired) electrons. The molecule has 0 spiro atoms. The van der Waals surface area contributed by atoms with Crippen LogP contribution in [-0.4, -0.2) is 8.02 Å². The molecule has 62 valence electrons. The molecule has 1 aromatic rings. The van der Waals surface area contributed by atoms with Gasteiger partial charge in [0.05, 0.1) is 0 Å². The topological polar surface area (TPSA) is 0 Å². The van der Waals surface area contributed by atoms with E-state index in [1.165, 1.54) is 12.1 Å². The van der Waals surface area contributed by atoms with Gasteiger partial charge < -0.3 is 0 Å². The molecule has 0 amide bonds. The van der Waals surface area contributed by atoms with Crippen LogP contribution < -0.4 is 5.19 Å². The van der Waals surface area contributed by atoms with Gasteiger partial charge in [0.2, 0.25) is 0 Å². The van der Waals surface area contributed by atoms with Crippen molar-refractivity contribution < 1.29 is 8.22 Å². The molecule has 0 unspecified atom stereocenters. The molecule has 0 saturated heterocycles. The molecule has 0 bridgehead atoms. The van der Waals surface area contributed by atoms with Gasteiger partial charge in [-0.3, -0.25) is 0 Å². The van der Waals surface area contributed by atoms with E-state index in [2.05, 4.69) is 0 Å². The summed E-state index contributed by atoms with van der Waals surface area (Å²) < 4.78 is 26.6. The number of rotatable bonds is 1.